The minimum Gasteiger partial charge on any atom is -0.493 e. The fourth-order valence-electron chi connectivity index (χ4n) is 1.85. The summed E-state index contributed by atoms with van der Waals surface area (Å²) in [5, 5.41) is 16.6. The quantitative estimate of drug-likeness (QED) is 0.826. The second kappa shape index (κ2) is 5.40. The first-order valence-electron chi connectivity index (χ1n) is 5.69. The summed E-state index contributed by atoms with van der Waals surface area (Å²) < 4.78 is 12.0. The highest BCUT2D eigenvalue weighted by Gasteiger charge is 2.12. The van der Waals surface area contributed by atoms with Crippen molar-refractivity contribution in [2.45, 2.75) is 6.42 Å². The van der Waals surface area contributed by atoms with Gasteiger partial charge in [-0.1, -0.05) is 11.3 Å². The summed E-state index contributed by atoms with van der Waals surface area (Å²) in [5.74, 6) is 1.34. The molecule has 0 aliphatic rings. The number of hydrogen-bond donors (Lipinski definition) is 0. The molecule has 0 radical (unpaired) electrons. The molecule has 1 aromatic carbocycles. The van der Waals surface area contributed by atoms with Gasteiger partial charge in [-0.2, -0.15) is 5.26 Å². The van der Waals surface area contributed by atoms with Crippen LogP contribution in [0.1, 0.15) is 17.0 Å². The van der Waals surface area contributed by atoms with Crippen LogP contribution in [0.2, 0.25) is 0 Å². The van der Waals surface area contributed by atoms with Crippen molar-refractivity contribution in [1.82, 2.24) is 15.0 Å². The summed E-state index contributed by atoms with van der Waals surface area (Å²) >= 11 is 0. The smallest absolute Gasteiger partial charge is 0.186 e. The van der Waals surface area contributed by atoms with Crippen molar-refractivity contribution >= 4 is 0 Å². The van der Waals surface area contributed by atoms with Crippen LogP contribution in [0.5, 0.6) is 11.5 Å². The van der Waals surface area contributed by atoms with Gasteiger partial charge >= 0.3 is 0 Å². The second-order valence-electron chi connectivity index (χ2n) is 3.99. The van der Waals surface area contributed by atoms with E-state index >= 15 is 0 Å². The molecule has 0 saturated heterocycles. The Morgan fingerprint density at radius 2 is 2.00 bits per heavy atom. The van der Waals surface area contributed by atoms with Gasteiger partial charge in [-0.3, -0.25) is 4.68 Å². The van der Waals surface area contributed by atoms with Crippen LogP contribution < -0.4 is 9.47 Å². The standard InChI is InChI=1S/C13H14N4O2/c1-17-11(10(8-14)15-16-17)6-9-4-5-12(18-2)13(7-9)19-3/h4-5,7H,6H2,1-3H3. The Morgan fingerprint density at radius 1 is 1.26 bits per heavy atom. The van der Waals surface area contributed by atoms with E-state index in [1.807, 2.05) is 24.3 Å². The summed E-state index contributed by atoms with van der Waals surface area (Å²) in [4.78, 5) is 0. The van der Waals surface area contributed by atoms with Crippen LogP contribution >= 0.6 is 0 Å². The zero-order chi connectivity index (χ0) is 13.8. The van der Waals surface area contributed by atoms with E-state index in [0.29, 0.717) is 23.6 Å². The van der Waals surface area contributed by atoms with Gasteiger partial charge in [0.1, 0.15) is 6.07 Å². The third-order valence-corrected chi connectivity index (χ3v) is 2.87. The van der Waals surface area contributed by atoms with Crippen LogP contribution in [0.15, 0.2) is 18.2 Å². The zero-order valence-electron chi connectivity index (χ0n) is 11.0. The average molecular weight is 258 g/mol. The molecule has 0 unspecified atom stereocenters. The largest absolute Gasteiger partial charge is 0.493 e. The Morgan fingerprint density at radius 3 is 2.63 bits per heavy atom. The molecule has 98 valence electrons. The van der Waals surface area contributed by atoms with E-state index in [9.17, 15) is 0 Å². The molecule has 0 aliphatic carbocycles. The van der Waals surface area contributed by atoms with Crippen molar-refractivity contribution < 1.29 is 9.47 Å². The highest BCUT2D eigenvalue weighted by Crippen LogP contribution is 2.28. The van der Waals surface area contributed by atoms with E-state index in [2.05, 4.69) is 10.3 Å². The van der Waals surface area contributed by atoms with Crippen molar-refractivity contribution in [3.05, 3.63) is 35.2 Å². The molecular weight excluding hydrogens is 244 g/mol. The topological polar surface area (TPSA) is 73.0 Å². The van der Waals surface area contributed by atoms with Gasteiger partial charge in [0.05, 0.1) is 19.9 Å². The summed E-state index contributed by atoms with van der Waals surface area (Å²) in [7, 11) is 4.95. The molecule has 19 heavy (non-hydrogen) atoms. The van der Waals surface area contributed by atoms with Gasteiger partial charge in [-0.25, -0.2) is 0 Å². The lowest BCUT2D eigenvalue weighted by Crippen LogP contribution is -2.01. The molecule has 0 saturated carbocycles. The van der Waals surface area contributed by atoms with Gasteiger partial charge in [0, 0.05) is 13.5 Å². The first-order chi connectivity index (χ1) is 9.19. The van der Waals surface area contributed by atoms with Crippen molar-refractivity contribution in [3.8, 4) is 17.6 Å². The number of rotatable bonds is 4. The van der Waals surface area contributed by atoms with Crippen LogP contribution in [0.3, 0.4) is 0 Å². The summed E-state index contributed by atoms with van der Waals surface area (Å²) in [6.45, 7) is 0. The molecule has 0 bridgehead atoms. The van der Waals surface area contributed by atoms with E-state index in [-0.39, 0.29) is 0 Å². The van der Waals surface area contributed by atoms with Gasteiger partial charge < -0.3 is 9.47 Å². The molecule has 0 spiro atoms. The predicted molar refractivity (Wildman–Crippen MR) is 68.1 cm³/mol. The lowest BCUT2D eigenvalue weighted by Gasteiger charge is -2.09. The SMILES string of the molecule is COc1ccc(Cc2c(C#N)nnn2C)cc1OC. The van der Waals surface area contributed by atoms with Crippen LogP contribution in [-0.4, -0.2) is 29.2 Å². The van der Waals surface area contributed by atoms with Gasteiger partial charge in [0.2, 0.25) is 0 Å². The van der Waals surface area contributed by atoms with Gasteiger partial charge in [-0.15, -0.1) is 5.10 Å². The van der Waals surface area contributed by atoms with Gasteiger partial charge in [0.15, 0.2) is 17.2 Å². The molecule has 6 nitrogen and oxygen atoms in total. The molecule has 2 aromatic rings. The fourth-order valence-corrected chi connectivity index (χ4v) is 1.85. The predicted octanol–water partition coefficient (Wildman–Crippen LogP) is 1.29. The van der Waals surface area contributed by atoms with Gasteiger partial charge in [0.25, 0.3) is 0 Å². The van der Waals surface area contributed by atoms with Crippen molar-refractivity contribution in [2.75, 3.05) is 14.2 Å². The minimum absolute atomic E-state index is 0.345. The number of aryl methyl sites for hydroxylation is 1. The van der Waals surface area contributed by atoms with Crippen molar-refractivity contribution in [3.63, 3.8) is 0 Å². The monoisotopic (exact) mass is 258 g/mol. The molecule has 2 rings (SSSR count). The summed E-state index contributed by atoms with van der Waals surface area (Å²) in [6, 6.07) is 7.68. The maximum absolute atomic E-state index is 8.98. The summed E-state index contributed by atoms with van der Waals surface area (Å²) in [6.07, 6.45) is 0.562. The number of nitriles is 1. The fraction of sp³-hybridized carbons (Fsp3) is 0.308. The Bertz CT molecular complexity index is 628. The molecule has 0 atom stereocenters. The third kappa shape index (κ3) is 2.50. The molecule has 1 heterocycles. The lowest BCUT2D eigenvalue weighted by atomic mass is 10.1. The first-order valence-corrected chi connectivity index (χ1v) is 5.69. The Labute approximate surface area is 111 Å². The molecule has 6 heteroatoms. The highest BCUT2D eigenvalue weighted by molar-refractivity contribution is 5.44. The molecule has 0 N–H and O–H groups in total. The number of nitrogens with zero attached hydrogens (tertiary/aromatic N) is 4. The number of hydrogen-bond acceptors (Lipinski definition) is 5. The average Bonchev–Trinajstić information content (AvgIpc) is 2.79. The number of ether oxygens (including phenoxy) is 2. The minimum atomic E-state index is 0.345. The Balaban J connectivity index is 2.34. The molecule has 1 aromatic heterocycles. The molecular formula is C13H14N4O2. The molecule has 0 amide bonds. The van der Waals surface area contributed by atoms with Gasteiger partial charge in [-0.05, 0) is 17.7 Å². The number of benzene rings is 1. The summed E-state index contributed by atoms with van der Waals surface area (Å²) in [5.41, 5.74) is 2.12. The van der Waals surface area contributed by atoms with E-state index in [1.54, 1.807) is 25.9 Å². The highest BCUT2D eigenvalue weighted by atomic mass is 16.5. The Kier molecular flexibility index (Phi) is 3.66. The van der Waals surface area contributed by atoms with Crippen LogP contribution in [0, 0.1) is 11.3 Å². The van der Waals surface area contributed by atoms with Crippen molar-refractivity contribution in [2.24, 2.45) is 7.05 Å². The maximum Gasteiger partial charge on any atom is 0.186 e. The second-order valence-corrected chi connectivity index (χ2v) is 3.99. The lowest BCUT2D eigenvalue weighted by molar-refractivity contribution is 0.354. The van der Waals surface area contributed by atoms with E-state index in [4.69, 9.17) is 14.7 Å². The van der Waals surface area contributed by atoms with Crippen molar-refractivity contribution in [1.29, 1.82) is 5.26 Å². The molecule has 0 aliphatic heterocycles. The number of aromatic nitrogens is 3. The zero-order valence-corrected chi connectivity index (χ0v) is 11.0. The van der Waals surface area contributed by atoms with E-state index in [1.165, 1.54) is 0 Å². The van der Waals surface area contributed by atoms with E-state index < -0.39 is 0 Å². The van der Waals surface area contributed by atoms with Crippen LogP contribution in [0.25, 0.3) is 0 Å². The third-order valence-electron chi connectivity index (χ3n) is 2.87. The number of methoxy groups -OCH3 is 2. The van der Waals surface area contributed by atoms with Crippen LogP contribution in [-0.2, 0) is 13.5 Å². The van der Waals surface area contributed by atoms with Crippen LogP contribution in [0.4, 0.5) is 0 Å². The Hall–Kier alpha value is -2.55. The normalized spacial score (nSPS) is 10.0. The first kappa shape index (κ1) is 12.9. The maximum atomic E-state index is 8.98. The molecule has 0 fully saturated rings. The van der Waals surface area contributed by atoms with E-state index in [0.717, 1.165) is 11.3 Å².